The van der Waals surface area contributed by atoms with Gasteiger partial charge >= 0.3 is 0 Å². The van der Waals surface area contributed by atoms with Gasteiger partial charge in [-0.3, -0.25) is 4.79 Å². The number of rotatable bonds is 3. The van der Waals surface area contributed by atoms with Gasteiger partial charge in [-0.2, -0.15) is 5.10 Å². The van der Waals surface area contributed by atoms with Gasteiger partial charge < -0.3 is 10.2 Å². The van der Waals surface area contributed by atoms with Crippen LogP contribution in [0.5, 0.6) is 0 Å². The van der Waals surface area contributed by atoms with Gasteiger partial charge in [0.25, 0.3) is 0 Å². The van der Waals surface area contributed by atoms with Gasteiger partial charge in [0, 0.05) is 19.1 Å². The zero-order chi connectivity index (χ0) is 13.0. The minimum absolute atomic E-state index is 0.114. The van der Waals surface area contributed by atoms with Crippen molar-refractivity contribution >= 4 is 11.7 Å². The first kappa shape index (κ1) is 12.5. The second-order valence-corrected chi connectivity index (χ2v) is 4.53. The highest BCUT2D eigenvalue weighted by Gasteiger charge is 2.21. The number of carbonyl (C=O) groups is 1. The summed E-state index contributed by atoms with van der Waals surface area (Å²) in [5.41, 5.74) is 0.910. The van der Waals surface area contributed by atoms with Crippen molar-refractivity contribution in [3.05, 3.63) is 30.5 Å². The molecular weight excluding hydrogens is 228 g/mol. The Hall–Kier alpha value is -1.91. The van der Waals surface area contributed by atoms with Crippen LogP contribution in [0.15, 0.2) is 24.8 Å². The highest BCUT2D eigenvalue weighted by Crippen LogP contribution is 2.17. The molecule has 0 spiro atoms. The molecule has 5 nitrogen and oxygen atoms in total. The SMILES string of the molecule is C=CC(=O)NC1CCCN(c2ccc(C)nn2)C1. The summed E-state index contributed by atoms with van der Waals surface area (Å²) in [6.45, 7) is 7.11. The topological polar surface area (TPSA) is 58.1 Å². The Bertz CT molecular complexity index is 429. The van der Waals surface area contributed by atoms with Crippen LogP contribution in [-0.4, -0.2) is 35.2 Å². The van der Waals surface area contributed by atoms with Gasteiger partial charge in [0.2, 0.25) is 5.91 Å². The molecule has 96 valence electrons. The third-order valence-electron chi connectivity index (χ3n) is 3.06. The lowest BCUT2D eigenvalue weighted by molar-refractivity contribution is -0.117. The summed E-state index contributed by atoms with van der Waals surface area (Å²) in [6.07, 6.45) is 3.34. The molecule has 0 aromatic carbocycles. The van der Waals surface area contributed by atoms with Gasteiger partial charge in [0.1, 0.15) is 0 Å². The van der Waals surface area contributed by atoms with Crippen molar-refractivity contribution in [3.8, 4) is 0 Å². The smallest absolute Gasteiger partial charge is 0.243 e. The fourth-order valence-corrected chi connectivity index (χ4v) is 2.12. The number of piperidine rings is 1. The van der Waals surface area contributed by atoms with Crippen molar-refractivity contribution in [2.45, 2.75) is 25.8 Å². The quantitative estimate of drug-likeness (QED) is 0.810. The maximum atomic E-state index is 11.3. The van der Waals surface area contributed by atoms with Crippen molar-refractivity contribution < 1.29 is 4.79 Å². The van der Waals surface area contributed by atoms with E-state index in [0.29, 0.717) is 0 Å². The van der Waals surface area contributed by atoms with Crippen molar-refractivity contribution in [2.75, 3.05) is 18.0 Å². The van der Waals surface area contributed by atoms with Gasteiger partial charge in [-0.25, -0.2) is 0 Å². The zero-order valence-corrected chi connectivity index (χ0v) is 10.6. The maximum absolute atomic E-state index is 11.3. The molecule has 0 aliphatic carbocycles. The van der Waals surface area contributed by atoms with E-state index < -0.39 is 0 Å². The predicted molar refractivity (Wildman–Crippen MR) is 70.3 cm³/mol. The van der Waals surface area contributed by atoms with E-state index in [4.69, 9.17) is 0 Å². The number of aromatic nitrogens is 2. The number of amides is 1. The van der Waals surface area contributed by atoms with E-state index in [1.54, 1.807) is 0 Å². The molecule has 1 saturated heterocycles. The molecule has 5 heteroatoms. The molecule has 1 aliphatic rings. The van der Waals surface area contributed by atoms with Gasteiger partial charge in [-0.05, 0) is 38.0 Å². The van der Waals surface area contributed by atoms with E-state index in [2.05, 4.69) is 27.0 Å². The molecule has 1 aromatic heterocycles. The van der Waals surface area contributed by atoms with Crippen LogP contribution in [0.2, 0.25) is 0 Å². The first-order chi connectivity index (χ1) is 8.69. The van der Waals surface area contributed by atoms with Crippen LogP contribution in [-0.2, 0) is 4.79 Å². The largest absolute Gasteiger partial charge is 0.353 e. The molecule has 0 radical (unpaired) electrons. The highest BCUT2D eigenvalue weighted by molar-refractivity contribution is 5.87. The number of hydrogen-bond donors (Lipinski definition) is 1. The van der Waals surface area contributed by atoms with Crippen LogP contribution in [0, 0.1) is 6.92 Å². The average Bonchev–Trinajstić information content (AvgIpc) is 2.40. The zero-order valence-electron chi connectivity index (χ0n) is 10.6. The Balaban J connectivity index is 2.00. The maximum Gasteiger partial charge on any atom is 0.243 e. The Morgan fingerprint density at radius 1 is 1.56 bits per heavy atom. The number of carbonyl (C=O) groups excluding carboxylic acids is 1. The molecule has 0 bridgehead atoms. The molecule has 1 fully saturated rings. The second kappa shape index (κ2) is 5.62. The van der Waals surface area contributed by atoms with Crippen LogP contribution in [0.1, 0.15) is 18.5 Å². The van der Waals surface area contributed by atoms with Gasteiger partial charge in [-0.15, -0.1) is 5.10 Å². The Kier molecular flexibility index (Phi) is 3.92. The predicted octanol–water partition coefficient (Wildman–Crippen LogP) is 1.06. The molecule has 18 heavy (non-hydrogen) atoms. The summed E-state index contributed by atoms with van der Waals surface area (Å²) in [5, 5.41) is 11.2. The van der Waals surface area contributed by atoms with Gasteiger partial charge in [0.15, 0.2) is 5.82 Å². The molecule has 2 heterocycles. The summed E-state index contributed by atoms with van der Waals surface area (Å²) in [4.78, 5) is 13.4. The highest BCUT2D eigenvalue weighted by atomic mass is 16.1. The van der Waals surface area contributed by atoms with E-state index in [-0.39, 0.29) is 11.9 Å². The minimum Gasteiger partial charge on any atom is -0.353 e. The lowest BCUT2D eigenvalue weighted by atomic mass is 10.1. The third-order valence-corrected chi connectivity index (χ3v) is 3.06. The van der Waals surface area contributed by atoms with Crippen molar-refractivity contribution in [1.82, 2.24) is 15.5 Å². The molecular formula is C13H18N4O. The summed E-state index contributed by atoms with van der Waals surface area (Å²) >= 11 is 0. The lowest BCUT2D eigenvalue weighted by Crippen LogP contribution is -2.47. The molecule has 1 aromatic rings. The van der Waals surface area contributed by atoms with E-state index >= 15 is 0 Å². The fourth-order valence-electron chi connectivity index (χ4n) is 2.12. The Labute approximate surface area is 107 Å². The second-order valence-electron chi connectivity index (χ2n) is 4.53. The van der Waals surface area contributed by atoms with Gasteiger partial charge in [-0.1, -0.05) is 6.58 Å². The number of hydrogen-bond acceptors (Lipinski definition) is 4. The van der Waals surface area contributed by atoms with E-state index in [1.807, 2.05) is 19.1 Å². The number of nitrogens with one attached hydrogen (secondary N) is 1. The summed E-state index contributed by atoms with van der Waals surface area (Å²) in [5.74, 6) is 0.759. The normalized spacial score (nSPS) is 19.4. The number of nitrogens with zero attached hydrogens (tertiary/aromatic N) is 3. The van der Waals surface area contributed by atoms with Gasteiger partial charge in [0.05, 0.1) is 5.69 Å². The monoisotopic (exact) mass is 246 g/mol. The van der Waals surface area contributed by atoms with Crippen LogP contribution in [0.4, 0.5) is 5.82 Å². The first-order valence-corrected chi connectivity index (χ1v) is 6.17. The van der Waals surface area contributed by atoms with Crippen LogP contribution in [0.3, 0.4) is 0 Å². The molecule has 1 amide bonds. The first-order valence-electron chi connectivity index (χ1n) is 6.17. The fraction of sp³-hybridized carbons (Fsp3) is 0.462. The third kappa shape index (κ3) is 3.06. The van der Waals surface area contributed by atoms with E-state index in [9.17, 15) is 4.79 Å². The summed E-state index contributed by atoms with van der Waals surface area (Å²) in [6, 6.07) is 4.08. The Morgan fingerprint density at radius 3 is 3.06 bits per heavy atom. The lowest BCUT2D eigenvalue weighted by Gasteiger charge is -2.33. The molecule has 2 rings (SSSR count). The standard InChI is InChI=1S/C13H18N4O/c1-3-13(18)14-11-5-4-8-17(9-11)12-7-6-10(2)15-16-12/h3,6-7,11H,1,4-5,8-9H2,2H3,(H,14,18). The van der Waals surface area contributed by atoms with Crippen LogP contribution in [0.25, 0.3) is 0 Å². The number of aryl methyl sites for hydroxylation is 1. The van der Waals surface area contributed by atoms with Crippen molar-refractivity contribution in [2.24, 2.45) is 0 Å². The molecule has 1 N–H and O–H groups in total. The average molecular weight is 246 g/mol. The van der Waals surface area contributed by atoms with Crippen LogP contribution >= 0.6 is 0 Å². The minimum atomic E-state index is -0.114. The van der Waals surface area contributed by atoms with Crippen LogP contribution < -0.4 is 10.2 Å². The van der Waals surface area contributed by atoms with Crippen molar-refractivity contribution in [1.29, 1.82) is 0 Å². The molecule has 0 saturated carbocycles. The summed E-state index contributed by atoms with van der Waals surface area (Å²) < 4.78 is 0. The number of anilines is 1. The molecule has 1 unspecified atom stereocenters. The van der Waals surface area contributed by atoms with Crippen molar-refractivity contribution in [3.63, 3.8) is 0 Å². The molecule has 1 aliphatic heterocycles. The summed E-state index contributed by atoms with van der Waals surface area (Å²) in [7, 11) is 0. The van der Waals surface area contributed by atoms with E-state index in [1.165, 1.54) is 6.08 Å². The Morgan fingerprint density at radius 2 is 2.39 bits per heavy atom. The molecule has 1 atom stereocenters. The van der Waals surface area contributed by atoms with E-state index in [0.717, 1.165) is 37.4 Å².